The van der Waals surface area contributed by atoms with Gasteiger partial charge in [0, 0.05) is 11.6 Å². The van der Waals surface area contributed by atoms with Crippen molar-refractivity contribution in [2.75, 3.05) is 6.61 Å². The van der Waals surface area contributed by atoms with Gasteiger partial charge in [-0.2, -0.15) is 0 Å². The Bertz CT molecular complexity index is 471. The number of ether oxygens (including phenoxy) is 1. The van der Waals surface area contributed by atoms with Crippen LogP contribution < -0.4 is 0 Å². The molecular weight excluding hydrogens is 421 g/mol. The monoisotopic (exact) mass is 464 g/mol. The van der Waals surface area contributed by atoms with E-state index in [1.165, 1.54) is 6.08 Å². The normalized spacial score (nSPS) is 14.6. The molecule has 0 aromatic heterocycles. The Morgan fingerprint density at radius 2 is 1.32 bits per heavy atom. The Balaban J connectivity index is 6.01. The first-order valence-electron chi connectivity index (χ1n) is 10.6. The summed E-state index contributed by atoms with van der Waals surface area (Å²) in [7, 11) is -8.79. The van der Waals surface area contributed by atoms with E-state index in [0.717, 1.165) is 18.1 Å². The van der Waals surface area contributed by atoms with Crippen LogP contribution in [0.3, 0.4) is 0 Å². The highest BCUT2D eigenvalue weighted by Crippen LogP contribution is 2.39. The minimum Gasteiger partial charge on any atom is -0.463 e. The molecule has 0 aromatic carbocycles. The first-order valence-corrected chi connectivity index (χ1v) is 21.7. The fraction of sp³-hybridized carbons (Fsp3) is 0.842. The van der Waals surface area contributed by atoms with Crippen molar-refractivity contribution < 1.29 is 21.9 Å². The Labute approximate surface area is 177 Å². The van der Waals surface area contributed by atoms with Crippen molar-refractivity contribution >= 4 is 39.7 Å². The molecule has 0 aliphatic heterocycles. The third kappa shape index (κ3) is 9.64. The zero-order chi connectivity index (χ0) is 22.2. The molecule has 0 bridgehead atoms. The lowest BCUT2D eigenvalue weighted by molar-refractivity contribution is -0.137. The molecule has 0 N–H and O–H groups in total. The molecule has 0 aliphatic rings. The van der Waals surface area contributed by atoms with Crippen LogP contribution in [0.5, 0.6) is 0 Å². The van der Waals surface area contributed by atoms with Gasteiger partial charge in [-0.3, -0.25) is 0 Å². The first-order chi connectivity index (χ1) is 12.7. The third-order valence-electron chi connectivity index (χ3n) is 4.75. The number of hydrogen-bond donors (Lipinski definition) is 0. The highest BCUT2D eigenvalue weighted by Gasteiger charge is 2.55. The van der Waals surface area contributed by atoms with Crippen LogP contribution in [-0.4, -0.2) is 46.3 Å². The molecule has 5 nitrogen and oxygen atoms in total. The summed E-state index contributed by atoms with van der Waals surface area (Å²) >= 11 is 0. The molecule has 0 heterocycles. The van der Waals surface area contributed by atoms with Crippen molar-refractivity contribution in [3.63, 3.8) is 0 Å². The van der Waals surface area contributed by atoms with Crippen LogP contribution >= 0.6 is 0 Å². The van der Waals surface area contributed by atoms with Gasteiger partial charge >= 0.3 is 14.8 Å². The molecule has 0 aromatic rings. The quantitative estimate of drug-likeness (QED) is 0.175. The molecule has 0 saturated carbocycles. The van der Waals surface area contributed by atoms with Gasteiger partial charge in [-0.05, 0) is 63.8 Å². The van der Waals surface area contributed by atoms with Crippen molar-refractivity contribution in [1.29, 1.82) is 0 Å². The molecule has 0 amide bonds. The summed E-state index contributed by atoms with van der Waals surface area (Å²) < 4.78 is 26.1. The summed E-state index contributed by atoms with van der Waals surface area (Å²) in [5, 5.41) is 0. The van der Waals surface area contributed by atoms with E-state index in [0.29, 0.717) is 13.0 Å². The van der Waals surface area contributed by atoms with Gasteiger partial charge in [0.1, 0.15) is 0 Å². The van der Waals surface area contributed by atoms with E-state index in [4.69, 9.17) is 17.1 Å². The van der Waals surface area contributed by atoms with Crippen LogP contribution in [0.1, 0.15) is 34.1 Å². The number of hydrogen-bond acceptors (Lipinski definition) is 5. The van der Waals surface area contributed by atoms with Crippen molar-refractivity contribution in [3.8, 4) is 0 Å². The van der Waals surface area contributed by atoms with Crippen LogP contribution in [0.4, 0.5) is 0 Å². The van der Waals surface area contributed by atoms with Crippen LogP contribution in [-0.2, 0) is 21.9 Å². The fourth-order valence-electron chi connectivity index (χ4n) is 3.06. The zero-order valence-electron chi connectivity index (χ0n) is 19.9. The second kappa shape index (κ2) is 11.4. The van der Waals surface area contributed by atoms with E-state index >= 15 is 0 Å². The van der Waals surface area contributed by atoms with Crippen molar-refractivity contribution in [2.45, 2.75) is 97.1 Å². The average molecular weight is 465 g/mol. The van der Waals surface area contributed by atoms with E-state index in [1.54, 1.807) is 0 Å². The molecular formula is C19H44O5Si4. The fourth-order valence-corrected chi connectivity index (χ4v) is 20.0. The van der Waals surface area contributed by atoms with Crippen molar-refractivity contribution in [2.24, 2.45) is 0 Å². The molecule has 0 radical (unpaired) electrons. The summed E-state index contributed by atoms with van der Waals surface area (Å²) in [5.74, 6) is -0.392. The maximum Gasteiger partial charge on any atom is 0.472 e. The van der Waals surface area contributed by atoms with E-state index in [-0.39, 0.29) is 5.54 Å². The van der Waals surface area contributed by atoms with Gasteiger partial charge < -0.3 is 17.1 Å². The predicted molar refractivity (Wildman–Crippen MR) is 128 cm³/mol. The summed E-state index contributed by atoms with van der Waals surface area (Å²) in [5.41, 5.74) is 0.0695. The molecule has 166 valence electrons. The maximum absolute atomic E-state index is 11.5. The largest absolute Gasteiger partial charge is 0.472 e. The van der Waals surface area contributed by atoms with Crippen LogP contribution in [0.2, 0.25) is 63.0 Å². The van der Waals surface area contributed by atoms with E-state index in [9.17, 15) is 4.79 Å². The van der Waals surface area contributed by atoms with Gasteiger partial charge in [0.25, 0.3) is 0 Å². The minimum absolute atomic E-state index is 0.0695. The first kappa shape index (κ1) is 28.0. The molecule has 0 aliphatic carbocycles. The SMILES string of the molecule is C=CC(=O)OCCC(C)[Si](O[Si](C)(C)C)(O[Si](C)(C)C)O[Si](CC)(CC)CC. The van der Waals surface area contributed by atoms with Crippen molar-refractivity contribution in [3.05, 3.63) is 12.7 Å². The molecule has 0 saturated heterocycles. The molecule has 9 heteroatoms. The molecule has 1 unspecified atom stereocenters. The van der Waals surface area contributed by atoms with Gasteiger partial charge in [0.15, 0.2) is 25.0 Å². The van der Waals surface area contributed by atoms with Crippen molar-refractivity contribution in [1.82, 2.24) is 0 Å². The molecule has 28 heavy (non-hydrogen) atoms. The van der Waals surface area contributed by atoms with Gasteiger partial charge in [-0.15, -0.1) is 0 Å². The number of carbonyl (C=O) groups excluding carboxylic acids is 1. The number of rotatable bonds is 14. The van der Waals surface area contributed by atoms with Gasteiger partial charge in [-0.1, -0.05) is 34.3 Å². The van der Waals surface area contributed by atoms with E-state index in [1.807, 2.05) is 0 Å². The molecule has 1 atom stereocenters. The van der Waals surface area contributed by atoms with E-state index < -0.39 is 39.7 Å². The average Bonchev–Trinajstić information content (AvgIpc) is 2.56. The number of carbonyl (C=O) groups is 1. The number of esters is 1. The van der Waals surface area contributed by atoms with Gasteiger partial charge in [0.05, 0.1) is 6.61 Å². The summed E-state index contributed by atoms with van der Waals surface area (Å²) in [6.45, 7) is 25.8. The molecule has 0 rings (SSSR count). The third-order valence-corrected chi connectivity index (χ3v) is 20.2. The van der Waals surface area contributed by atoms with Gasteiger partial charge in [0.2, 0.25) is 0 Å². The van der Waals surface area contributed by atoms with Crippen LogP contribution in [0.15, 0.2) is 12.7 Å². The zero-order valence-corrected chi connectivity index (χ0v) is 23.9. The highest BCUT2D eigenvalue weighted by molar-refractivity contribution is 6.91. The second-order valence-corrected chi connectivity index (χ2v) is 27.0. The summed E-state index contributed by atoms with van der Waals surface area (Å²) in [4.78, 5) is 11.5. The molecule has 0 spiro atoms. The Morgan fingerprint density at radius 3 is 1.64 bits per heavy atom. The summed E-state index contributed by atoms with van der Waals surface area (Å²) in [6, 6.07) is 3.16. The predicted octanol–water partition coefficient (Wildman–Crippen LogP) is 6.16. The summed E-state index contributed by atoms with van der Waals surface area (Å²) in [6.07, 6.45) is 1.87. The molecule has 0 fully saturated rings. The second-order valence-electron chi connectivity index (χ2n) is 9.44. The lowest BCUT2D eigenvalue weighted by Crippen LogP contribution is -2.64. The van der Waals surface area contributed by atoms with Crippen LogP contribution in [0, 0.1) is 0 Å². The minimum atomic E-state index is -2.98. The highest BCUT2D eigenvalue weighted by atomic mass is 28.5. The smallest absolute Gasteiger partial charge is 0.463 e. The van der Waals surface area contributed by atoms with Crippen LogP contribution in [0.25, 0.3) is 0 Å². The lowest BCUT2D eigenvalue weighted by Gasteiger charge is -2.47. The maximum atomic E-state index is 11.5. The Kier molecular flexibility index (Phi) is 11.4. The Morgan fingerprint density at radius 1 is 0.893 bits per heavy atom. The van der Waals surface area contributed by atoms with Gasteiger partial charge in [-0.25, -0.2) is 4.79 Å². The van der Waals surface area contributed by atoms with E-state index in [2.05, 4.69) is 73.6 Å². The topological polar surface area (TPSA) is 54.0 Å². The lowest BCUT2D eigenvalue weighted by atomic mass is 10.3. The Hall–Kier alpha value is -0.0425. The standard InChI is InChI=1S/C19H44O5Si4/c1-12-19(20)21-17-16-18(5)28(22-25(6,7)8,23-26(9,10)11)24-27(13-2,14-3)15-4/h12,18H,1,13-17H2,2-11H3.